The number of hydrogen-bond donors (Lipinski definition) is 5. The summed E-state index contributed by atoms with van der Waals surface area (Å²) in [6.07, 6.45) is 4.06. The first-order valence-corrected chi connectivity index (χ1v) is 14.2. The molecule has 1 heterocycles. The molecule has 0 fully saturated rings. The topological polar surface area (TPSA) is 157 Å². The smallest absolute Gasteiger partial charge is 0.330 e. The van der Waals surface area contributed by atoms with Crippen molar-refractivity contribution in [1.82, 2.24) is 20.7 Å². The zero-order valence-electron chi connectivity index (χ0n) is 22.0. The molecular formula is C27H35N5O6S. The van der Waals surface area contributed by atoms with Gasteiger partial charge in [0.15, 0.2) is 0 Å². The monoisotopic (exact) mass is 557 g/mol. The highest BCUT2D eigenvalue weighted by Crippen LogP contribution is 2.24. The van der Waals surface area contributed by atoms with Crippen LogP contribution in [0.3, 0.4) is 0 Å². The van der Waals surface area contributed by atoms with E-state index in [0.29, 0.717) is 12.1 Å². The molecule has 0 bridgehead atoms. The molecule has 3 amide bonds. The lowest BCUT2D eigenvalue weighted by Crippen LogP contribution is -2.55. The van der Waals surface area contributed by atoms with Crippen LogP contribution >= 0.6 is 0 Å². The van der Waals surface area contributed by atoms with Gasteiger partial charge in [-0.3, -0.25) is 14.4 Å². The first-order chi connectivity index (χ1) is 18.6. The van der Waals surface area contributed by atoms with E-state index in [1.54, 1.807) is 24.3 Å². The van der Waals surface area contributed by atoms with Gasteiger partial charge < -0.3 is 21.1 Å². The third-order valence-electron chi connectivity index (χ3n) is 6.03. The SMILES string of the molecule is CCCCCNC(=O)[C@H](Cc1cccc(N2C=C(O)NS2(=O)=O)c1)NC(=O)[C@H](Cc1ccccc1)NC(C)=O. The zero-order chi connectivity index (χ0) is 28.4. The van der Waals surface area contributed by atoms with Gasteiger partial charge in [0.05, 0.1) is 11.9 Å². The second-order valence-corrected chi connectivity index (χ2v) is 10.8. The van der Waals surface area contributed by atoms with Crippen LogP contribution in [0.4, 0.5) is 5.69 Å². The molecule has 12 heteroatoms. The second-order valence-electron chi connectivity index (χ2n) is 9.29. The van der Waals surface area contributed by atoms with Crippen LogP contribution in [0.25, 0.3) is 0 Å². The number of nitrogens with one attached hydrogen (secondary N) is 4. The number of hydrogen-bond acceptors (Lipinski definition) is 6. The van der Waals surface area contributed by atoms with Crippen LogP contribution in [0.1, 0.15) is 44.2 Å². The van der Waals surface area contributed by atoms with E-state index in [1.807, 2.05) is 35.1 Å². The van der Waals surface area contributed by atoms with Crippen molar-refractivity contribution in [1.29, 1.82) is 0 Å². The Morgan fingerprint density at radius 1 is 0.923 bits per heavy atom. The van der Waals surface area contributed by atoms with Crippen LogP contribution in [0.5, 0.6) is 0 Å². The predicted molar refractivity (Wildman–Crippen MR) is 148 cm³/mol. The van der Waals surface area contributed by atoms with E-state index in [1.165, 1.54) is 6.92 Å². The van der Waals surface area contributed by atoms with Gasteiger partial charge in [-0.05, 0) is 29.7 Å². The fourth-order valence-corrected chi connectivity index (χ4v) is 5.20. The van der Waals surface area contributed by atoms with Crippen LogP contribution in [-0.4, -0.2) is 49.9 Å². The average Bonchev–Trinajstić information content (AvgIpc) is 3.17. The molecule has 0 saturated heterocycles. The number of amides is 3. The van der Waals surface area contributed by atoms with Gasteiger partial charge in [0.2, 0.25) is 23.6 Å². The van der Waals surface area contributed by atoms with Crippen molar-refractivity contribution in [2.45, 2.75) is 58.0 Å². The average molecular weight is 558 g/mol. The number of rotatable bonds is 13. The van der Waals surface area contributed by atoms with Crippen molar-refractivity contribution < 1.29 is 27.9 Å². The second kappa shape index (κ2) is 13.7. The van der Waals surface area contributed by atoms with Crippen LogP contribution in [-0.2, 0) is 37.4 Å². The van der Waals surface area contributed by atoms with Crippen LogP contribution in [0, 0.1) is 0 Å². The van der Waals surface area contributed by atoms with Gasteiger partial charge in [-0.2, -0.15) is 8.42 Å². The summed E-state index contributed by atoms with van der Waals surface area (Å²) in [6.45, 7) is 3.82. The Kier molecular flexibility index (Phi) is 10.3. The Labute approximate surface area is 228 Å². The van der Waals surface area contributed by atoms with Gasteiger partial charge in [0, 0.05) is 26.3 Å². The summed E-state index contributed by atoms with van der Waals surface area (Å²) in [6, 6.07) is 13.8. The first-order valence-electron chi connectivity index (χ1n) is 12.8. The summed E-state index contributed by atoms with van der Waals surface area (Å²) in [7, 11) is -3.99. The van der Waals surface area contributed by atoms with Gasteiger partial charge in [-0.15, -0.1) is 0 Å². The highest BCUT2D eigenvalue weighted by Gasteiger charge is 2.30. The van der Waals surface area contributed by atoms with Crippen molar-refractivity contribution in [2.75, 3.05) is 10.8 Å². The van der Waals surface area contributed by atoms with Crippen molar-refractivity contribution >= 4 is 33.6 Å². The van der Waals surface area contributed by atoms with Crippen molar-refractivity contribution in [2.24, 2.45) is 0 Å². The minimum absolute atomic E-state index is 0.0638. The Hall–Kier alpha value is -4.06. The molecule has 0 aliphatic carbocycles. The molecule has 0 saturated carbocycles. The maximum Gasteiger partial charge on any atom is 0.330 e. The summed E-state index contributed by atoms with van der Waals surface area (Å²) in [5.41, 5.74) is 1.67. The highest BCUT2D eigenvalue weighted by atomic mass is 32.2. The van der Waals surface area contributed by atoms with Gasteiger partial charge in [-0.25, -0.2) is 9.03 Å². The maximum atomic E-state index is 13.3. The molecule has 11 nitrogen and oxygen atoms in total. The molecule has 210 valence electrons. The maximum absolute atomic E-state index is 13.3. The number of anilines is 1. The van der Waals surface area contributed by atoms with E-state index in [4.69, 9.17) is 0 Å². The molecule has 39 heavy (non-hydrogen) atoms. The lowest BCUT2D eigenvalue weighted by Gasteiger charge is -2.23. The van der Waals surface area contributed by atoms with Gasteiger partial charge in [0.25, 0.3) is 0 Å². The summed E-state index contributed by atoms with van der Waals surface area (Å²) in [5, 5.41) is 17.9. The quantitative estimate of drug-likeness (QED) is 0.236. The first kappa shape index (κ1) is 29.5. The molecule has 0 radical (unpaired) electrons. The lowest BCUT2D eigenvalue weighted by atomic mass is 10.0. The number of nitrogens with zero attached hydrogens (tertiary/aromatic N) is 1. The standard InChI is InChI=1S/C27H35N5O6S/c1-3-4-8-14-28-26(35)23(30-27(36)24(29-19(2)33)16-20-10-6-5-7-11-20)17-21-12-9-13-22(15-21)32-18-25(34)31-39(32,37)38/h5-7,9-13,15,18,23-24,31,34H,3-4,8,14,16-17H2,1-2H3,(H,28,35)(H,29,33)(H,30,36)/t23-,24-/m0/s1. The van der Waals surface area contributed by atoms with Crippen LogP contribution in [0.2, 0.25) is 0 Å². The van der Waals surface area contributed by atoms with Gasteiger partial charge in [-0.1, -0.05) is 62.2 Å². The fraction of sp³-hybridized carbons (Fsp3) is 0.370. The molecule has 0 aromatic heterocycles. The third kappa shape index (κ3) is 8.74. The molecule has 2 aromatic carbocycles. The number of carbonyl (C=O) groups is 3. The number of carbonyl (C=O) groups excluding carboxylic acids is 3. The van der Waals surface area contributed by atoms with E-state index >= 15 is 0 Å². The van der Waals surface area contributed by atoms with E-state index in [9.17, 15) is 27.9 Å². The number of unbranched alkanes of at least 4 members (excludes halogenated alkanes) is 2. The van der Waals surface area contributed by atoms with Crippen LogP contribution < -0.4 is 25.0 Å². The van der Waals surface area contributed by atoms with Gasteiger partial charge in [0.1, 0.15) is 12.1 Å². The highest BCUT2D eigenvalue weighted by molar-refractivity contribution is 7.91. The summed E-state index contributed by atoms with van der Waals surface area (Å²) in [4.78, 5) is 38.3. The minimum atomic E-state index is -3.99. The Balaban J connectivity index is 1.82. The van der Waals surface area contributed by atoms with E-state index in [2.05, 4.69) is 22.9 Å². The lowest BCUT2D eigenvalue weighted by molar-refractivity contribution is -0.131. The molecule has 2 atom stereocenters. The molecule has 1 aliphatic rings. The van der Waals surface area contributed by atoms with Crippen molar-refractivity contribution in [3.63, 3.8) is 0 Å². The molecule has 2 aromatic rings. The molecule has 5 N–H and O–H groups in total. The number of benzene rings is 2. The van der Waals surface area contributed by atoms with E-state index in [-0.39, 0.29) is 30.3 Å². The summed E-state index contributed by atoms with van der Waals surface area (Å²) >= 11 is 0. The zero-order valence-corrected chi connectivity index (χ0v) is 22.8. The number of aliphatic hydroxyl groups is 1. The van der Waals surface area contributed by atoms with E-state index in [0.717, 1.165) is 35.3 Å². The Morgan fingerprint density at radius 3 is 2.23 bits per heavy atom. The molecular weight excluding hydrogens is 522 g/mol. The number of aliphatic hydroxyl groups excluding tert-OH is 1. The van der Waals surface area contributed by atoms with Crippen molar-refractivity contribution in [3.8, 4) is 0 Å². The Morgan fingerprint density at radius 2 is 1.59 bits per heavy atom. The summed E-state index contributed by atoms with van der Waals surface area (Å²) < 4.78 is 27.5. The minimum Gasteiger partial charge on any atom is -0.493 e. The normalized spacial score (nSPS) is 15.4. The molecule has 0 spiro atoms. The van der Waals surface area contributed by atoms with Gasteiger partial charge >= 0.3 is 10.2 Å². The summed E-state index contributed by atoms with van der Waals surface area (Å²) in [5.74, 6) is -1.80. The third-order valence-corrected chi connectivity index (χ3v) is 7.33. The molecule has 0 unspecified atom stereocenters. The van der Waals surface area contributed by atoms with Crippen molar-refractivity contribution in [3.05, 3.63) is 77.8 Å². The van der Waals surface area contributed by atoms with Crippen LogP contribution in [0.15, 0.2) is 66.7 Å². The Bertz CT molecular complexity index is 1300. The largest absolute Gasteiger partial charge is 0.493 e. The van der Waals surface area contributed by atoms with E-state index < -0.39 is 34.1 Å². The fourth-order valence-electron chi connectivity index (χ4n) is 4.15. The molecule has 1 aliphatic heterocycles. The molecule has 3 rings (SSSR count). The predicted octanol–water partition coefficient (Wildman–Crippen LogP) is 1.78.